The predicted octanol–water partition coefficient (Wildman–Crippen LogP) is 2.48. The Kier molecular flexibility index (Phi) is 5.40. The van der Waals surface area contributed by atoms with Crippen molar-refractivity contribution in [2.75, 3.05) is 19.7 Å². The number of likely N-dealkylation sites (tertiary alicyclic amines) is 1. The van der Waals surface area contributed by atoms with Gasteiger partial charge in [-0.25, -0.2) is 0 Å². The first kappa shape index (κ1) is 16.7. The van der Waals surface area contributed by atoms with E-state index in [0.29, 0.717) is 12.3 Å². The van der Waals surface area contributed by atoms with Gasteiger partial charge in [0.25, 0.3) is 0 Å². The number of amides is 1. The van der Waals surface area contributed by atoms with E-state index in [1.807, 2.05) is 11.8 Å². The largest absolute Gasteiger partial charge is 0.396 e. The minimum absolute atomic E-state index is 0.0471. The molecule has 0 bridgehead atoms. The van der Waals surface area contributed by atoms with Gasteiger partial charge in [0.15, 0.2) is 0 Å². The topological polar surface area (TPSA) is 66.6 Å². The first-order valence-electron chi connectivity index (χ1n) is 7.88. The van der Waals surface area contributed by atoms with E-state index in [1.54, 1.807) is 6.07 Å². The molecule has 1 N–H and O–H groups in total. The summed E-state index contributed by atoms with van der Waals surface area (Å²) in [6.45, 7) is 7.43. The molecule has 1 aromatic heterocycles. The molecule has 0 radical (unpaired) electrons. The van der Waals surface area contributed by atoms with Crippen LogP contribution in [0.3, 0.4) is 0 Å². The molecule has 5 heteroatoms. The molecular formula is C17H26N2O3. The van der Waals surface area contributed by atoms with Crippen LogP contribution < -0.4 is 0 Å². The van der Waals surface area contributed by atoms with E-state index in [0.717, 1.165) is 31.5 Å². The highest BCUT2D eigenvalue weighted by atomic mass is 16.5. The van der Waals surface area contributed by atoms with Gasteiger partial charge in [-0.1, -0.05) is 16.8 Å². The lowest BCUT2D eigenvalue weighted by Gasteiger charge is -2.41. The fraction of sp³-hybridized carbons (Fsp3) is 0.647. The number of piperidine rings is 1. The van der Waals surface area contributed by atoms with Crippen molar-refractivity contribution < 1.29 is 14.4 Å². The number of aryl methyl sites for hydroxylation is 1. The average molecular weight is 306 g/mol. The SMILES string of the molecule is CC(C)=CC[C@@]1(CO)CCCN(C(=O)Cc2cc(C)no2)C1. The molecule has 2 rings (SSSR count). The zero-order valence-corrected chi connectivity index (χ0v) is 13.8. The predicted molar refractivity (Wildman–Crippen MR) is 84.3 cm³/mol. The average Bonchev–Trinajstić information content (AvgIpc) is 2.90. The van der Waals surface area contributed by atoms with E-state index in [4.69, 9.17) is 4.52 Å². The Balaban J connectivity index is 2.02. The van der Waals surface area contributed by atoms with E-state index in [9.17, 15) is 9.90 Å². The highest BCUT2D eigenvalue weighted by molar-refractivity contribution is 5.78. The standard InChI is InChI=1S/C17H26N2O3/c1-13(2)5-7-17(12-20)6-4-8-19(11-17)16(21)10-15-9-14(3)18-22-15/h5,9,20H,4,6-8,10-12H2,1-3H3/t17-/m0/s1. The van der Waals surface area contributed by atoms with Gasteiger partial charge in [-0.15, -0.1) is 0 Å². The summed E-state index contributed by atoms with van der Waals surface area (Å²) in [7, 11) is 0. The zero-order valence-electron chi connectivity index (χ0n) is 13.8. The number of hydrogen-bond donors (Lipinski definition) is 1. The lowest BCUT2D eigenvalue weighted by molar-refractivity contribution is -0.135. The van der Waals surface area contributed by atoms with Crippen molar-refractivity contribution in [1.29, 1.82) is 0 Å². The Morgan fingerprint density at radius 1 is 1.55 bits per heavy atom. The summed E-state index contributed by atoms with van der Waals surface area (Å²) < 4.78 is 5.13. The van der Waals surface area contributed by atoms with Crippen molar-refractivity contribution in [2.45, 2.75) is 46.5 Å². The summed E-state index contributed by atoms with van der Waals surface area (Å²) >= 11 is 0. The first-order chi connectivity index (χ1) is 10.4. The maximum absolute atomic E-state index is 12.5. The van der Waals surface area contributed by atoms with Crippen LogP contribution in [0.25, 0.3) is 0 Å². The van der Waals surface area contributed by atoms with E-state index in [1.165, 1.54) is 5.57 Å². The highest BCUT2D eigenvalue weighted by Crippen LogP contribution is 2.34. The van der Waals surface area contributed by atoms with Crippen molar-refractivity contribution in [3.63, 3.8) is 0 Å². The van der Waals surface area contributed by atoms with Gasteiger partial charge in [0.05, 0.1) is 18.7 Å². The number of aromatic nitrogens is 1. The molecule has 0 aliphatic carbocycles. The van der Waals surface area contributed by atoms with Gasteiger partial charge < -0.3 is 14.5 Å². The van der Waals surface area contributed by atoms with Gasteiger partial charge >= 0.3 is 0 Å². The van der Waals surface area contributed by atoms with Gasteiger partial charge in [-0.2, -0.15) is 0 Å². The molecule has 0 aromatic carbocycles. The van der Waals surface area contributed by atoms with Crippen LogP contribution in [-0.2, 0) is 11.2 Å². The molecule has 1 fully saturated rings. The van der Waals surface area contributed by atoms with Crippen molar-refractivity contribution in [2.24, 2.45) is 5.41 Å². The Morgan fingerprint density at radius 2 is 2.32 bits per heavy atom. The summed E-state index contributed by atoms with van der Waals surface area (Å²) in [5, 5.41) is 13.7. The molecule has 0 saturated carbocycles. The number of carbonyl (C=O) groups excluding carboxylic acids is 1. The second-order valence-electron chi connectivity index (χ2n) is 6.67. The monoisotopic (exact) mass is 306 g/mol. The van der Waals surface area contributed by atoms with E-state index in [-0.39, 0.29) is 24.3 Å². The summed E-state index contributed by atoms with van der Waals surface area (Å²) in [6.07, 6.45) is 5.10. The van der Waals surface area contributed by atoms with Gasteiger partial charge in [-0.3, -0.25) is 4.79 Å². The third-order valence-electron chi connectivity index (χ3n) is 4.30. The van der Waals surface area contributed by atoms with Crippen molar-refractivity contribution in [3.8, 4) is 0 Å². The van der Waals surface area contributed by atoms with Crippen LogP contribution in [0.1, 0.15) is 44.6 Å². The van der Waals surface area contributed by atoms with Crippen molar-refractivity contribution >= 4 is 5.91 Å². The summed E-state index contributed by atoms with van der Waals surface area (Å²) in [5.41, 5.74) is 1.82. The molecule has 5 nitrogen and oxygen atoms in total. The van der Waals surface area contributed by atoms with E-state index >= 15 is 0 Å². The van der Waals surface area contributed by atoms with Crippen molar-refractivity contribution in [3.05, 3.63) is 29.2 Å². The van der Waals surface area contributed by atoms with E-state index < -0.39 is 0 Å². The molecule has 122 valence electrons. The molecule has 2 heterocycles. The number of aliphatic hydroxyl groups excluding tert-OH is 1. The minimum Gasteiger partial charge on any atom is -0.396 e. The summed E-state index contributed by atoms with van der Waals surface area (Å²) in [6, 6.07) is 1.80. The second-order valence-corrected chi connectivity index (χ2v) is 6.67. The number of carbonyl (C=O) groups is 1. The molecule has 1 atom stereocenters. The molecule has 1 amide bonds. The number of aliphatic hydroxyl groups is 1. The van der Waals surface area contributed by atoms with Crippen molar-refractivity contribution in [1.82, 2.24) is 10.1 Å². The van der Waals surface area contributed by atoms with Crippen LogP contribution in [0.4, 0.5) is 0 Å². The molecule has 22 heavy (non-hydrogen) atoms. The summed E-state index contributed by atoms with van der Waals surface area (Å²) in [5.74, 6) is 0.651. The fourth-order valence-electron chi connectivity index (χ4n) is 2.96. The molecule has 0 spiro atoms. The van der Waals surface area contributed by atoms with Crippen LogP contribution in [0.5, 0.6) is 0 Å². The van der Waals surface area contributed by atoms with Crippen LogP contribution in [0.15, 0.2) is 22.2 Å². The van der Waals surface area contributed by atoms with Crippen LogP contribution >= 0.6 is 0 Å². The smallest absolute Gasteiger partial charge is 0.230 e. The Morgan fingerprint density at radius 3 is 2.91 bits per heavy atom. The maximum Gasteiger partial charge on any atom is 0.230 e. The Bertz CT molecular complexity index is 546. The molecule has 1 saturated heterocycles. The molecular weight excluding hydrogens is 280 g/mol. The first-order valence-corrected chi connectivity index (χ1v) is 7.88. The number of allylic oxidation sites excluding steroid dienone is 2. The van der Waals surface area contributed by atoms with Gasteiger partial charge in [0.1, 0.15) is 5.76 Å². The maximum atomic E-state index is 12.5. The van der Waals surface area contributed by atoms with E-state index in [2.05, 4.69) is 25.1 Å². The normalized spacial score (nSPS) is 21.7. The van der Waals surface area contributed by atoms with Crippen LogP contribution in [0.2, 0.25) is 0 Å². The van der Waals surface area contributed by atoms with Gasteiger partial charge in [0, 0.05) is 24.6 Å². The Labute approximate surface area is 132 Å². The third-order valence-corrected chi connectivity index (χ3v) is 4.30. The second kappa shape index (κ2) is 7.09. The number of nitrogens with zero attached hydrogens (tertiary/aromatic N) is 2. The zero-order chi connectivity index (χ0) is 16.2. The molecule has 1 aromatic rings. The fourth-order valence-corrected chi connectivity index (χ4v) is 2.96. The highest BCUT2D eigenvalue weighted by Gasteiger charge is 2.36. The molecule has 1 aliphatic heterocycles. The quantitative estimate of drug-likeness (QED) is 0.849. The lowest BCUT2D eigenvalue weighted by Crippen LogP contribution is -2.48. The Hall–Kier alpha value is -1.62. The molecule has 0 unspecified atom stereocenters. The van der Waals surface area contributed by atoms with Crippen LogP contribution in [-0.4, -0.2) is 40.8 Å². The summed E-state index contributed by atoms with van der Waals surface area (Å²) in [4.78, 5) is 14.3. The van der Waals surface area contributed by atoms with Crippen LogP contribution in [0, 0.1) is 12.3 Å². The molecule has 1 aliphatic rings. The lowest BCUT2D eigenvalue weighted by atomic mass is 9.77. The van der Waals surface area contributed by atoms with Gasteiger partial charge in [0.2, 0.25) is 5.91 Å². The number of hydrogen-bond acceptors (Lipinski definition) is 4. The number of rotatable bonds is 5. The minimum atomic E-state index is -0.206. The third kappa shape index (κ3) is 4.19. The van der Waals surface area contributed by atoms with Gasteiger partial charge in [-0.05, 0) is 40.0 Å².